The van der Waals surface area contributed by atoms with Gasteiger partial charge in [0.2, 0.25) is 0 Å². The number of nitrogens with two attached hydrogens (primary N) is 1. The maximum Gasteiger partial charge on any atom is 0.410 e. The zero-order chi connectivity index (χ0) is 22.1. The number of ether oxygens (including phenoxy) is 1. The number of fused-ring (bicyclic) bond motifs is 1. The zero-order valence-corrected chi connectivity index (χ0v) is 16.0. The molecular weight excluding hydrogens is 392 g/mol. The topological polar surface area (TPSA) is 127 Å². The van der Waals surface area contributed by atoms with Crippen LogP contribution in [0.4, 0.5) is 13.6 Å². The molecule has 0 aromatic heterocycles. The van der Waals surface area contributed by atoms with Crippen molar-refractivity contribution >= 4 is 6.09 Å². The average Bonchev–Trinajstić information content (AvgIpc) is 2.75. The number of hydrogen-bond acceptors (Lipinski definition) is 6. The van der Waals surface area contributed by atoms with Crippen molar-refractivity contribution in [1.29, 1.82) is 15.8 Å². The number of allylic oxidation sites excluding steroid dienone is 2. The number of nitrogens with zero attached hydrogens (tertiary/aromatic N) is 4. The molecule has 1 aromatic carbocycles. The van der Waals surface area contributed by atoms with Crippen LogP contribution in [0, 0.1) is 57.0 Å². The Hall–Kier alpha value is -3.90. The first-order chi connectivity index (χ1) is 14.3. The van der Waals surface area contributed by atoms with Crippen molar-refractivity contribution < 1.29 is 18.3 Å². The summed E-state index contributed by atoms with van der Waals surface area (Å²) in [6, 6.07) is 8.83. The molecule has 1 aliphatic heterocycles. The van der Waals surface area contributed by atoms with Gasteiger partial charge in [0.05, 0.1) is 30.0 Å². The van der Waals surface area contributed by atoms with Gasteiger partial charge in [0, 0.05) is 24.9 Å². The lowest BCUT2D eigenvalue weighted by Crippen LogP contribution is -2.49. The van der Waals surface area contributed by atoms with E-state index in [9.17, 15) is 29.4 Å². The van der Waals surface area contributed by atoms with Gasteiger partial charge < -0.3 is 15.4 Å². The number of halogens is 2. The van der Waals surface area contributed by atoms with Crippen LogP contribution in [0.5, 0.6) is 0 Å². The number of rotatable bonds is 2. The highest BCUT2D eigenvalue weighted by Gasteiger charge is 2.55. The first kappa shape index (κ1) is 20.8. The second-order valence-corrected chi connectivity index (χ2v) is 6.95. The zero-order valence-electron chi connectivity index (χ0n) is 16.0. The molecule has 0 bridgehead atoms. The number of benzene rings is 1. The predicted molar refractivity (Wildman–Crippen MR) is 99.8 cm³/mol. The van der Waals surface area contributed by atoms with E-state index in [2.05, 4.69) is 0 Å². The van der Waals surface area contributed by atoms with E-state index in [1.54, 1.807) is 13.0 Å². The van der Waals surface area contributed by atoms with Gasteiger partial charge in [-0.15, -0.1) is 0 Å². The molecule has 7 nitrogen and oxygen atoms in total. The summed E-state index contributed by atoms with van der Waals surface area (Å²) in [5.74, 6) is -3.99. The van der Waals surface area contributed by atoms with Crippen LogP contribution >= 0.6 is 0 Å². The summed E-state index contributed by atoms with van der Waals surface area (Å²) >= 11 is 0. The molecule has 0 radical (unpaired) electrons. The van der Waals surface area contributed by atoms with Gasteiger partial charge in [-0.25, -0.2) is 13.6 Å². The van der Waals surface area contributed by atoms with E-state index >= 15 is 0 Å². The van der Waals surface area contributed by atoms with Crippen LogP contribution in [-0.4, -0.2) is 30.7 Å². The first-order valence-corrected chi connectivity index (χ1v) is 9.14. The maximum atomic E-state index is 14.0. The molecule has 30 heavy (non-hydrogen) atoms. The second-order valence-electron chi connectivity index (χ2n) is 6.95. The Balaban J connectivity index is 2.26. The molecule has 1 heterocycles. The van der Waals surface area contributed by atoms with Crippen LogP contribution in [-0.2, 0) is 4.74 Å². The Morgan fingerprint density at radius 2 is 2.00 bits per heavy atom. The molecule has 0 spiro atoms. The SMILES string of the molecule is CCOC(=O)N1CC=C2C(C#N)=C(N)C(C#N)(C#N)[C@@H](c3ccc(F)c(F)c3)[C@H]2C1. The van der Waals surface area contributed by atoms with Crippen LogP contribution in [0.2, 0.25) is 0 Å². The summed E-state index contributed by atoms with van der Waals surface area (Å²) in [4.78, 5) is 13.6. The van der Waals surface area contributed by atoms with Crippen molar-refractivity contribution in [3.63, 3.8) is 0 Å². The molecule has 0 fully saturated rings. The van der Waals surface area contributed by atoms with Gasteiger partial charge in [-0.3, -0.25) is 0 Å². The number of carbonyl (C=O) groups excluding carboxylic acids is 1. The molecule has 2 aliphatic rings. The lowest BCUT2D eigenvalue weighted by Gasteiger charge is -2.45. The predicted octanol–water partition coefficient (Wildman–Crippen LogP) is 2.85. The van der Waals surface area contributed by atoms with E-state index in [0.717, 1.165) is 12.1 Å². The van der Waals surface area contributed by atoms with E-state index in [4.69, 9.17) is 10.5 Å². The Morgan fingerprint density at radius 3 is 2.57 bits per heavy atom. The van der Waals surface area contributed by atoms with Gasteiger partial charge in [0.15, 0.2) is 17.0 Å². The fourth-order valence-electron chi connectivity index (χ4n) is 4.13. The van der Waals surface area contributed by atoms with Crippen LogP contribution in [0.15, 0.2) is 41.1 Å². The summed E-state index contributed by atoms with van der Waals surface area (Å²) < 4.78 is 32.6. The third kappa shape index (κ3) is 3.03. The highest BCUT2D eigenvalue weighted by atomic mass is 19.2. The lowest BCUT2D eigenvalue weighted by atomic mass is 9.58. The van der Waals surface area contributed by atoms with E-state index in [0.29, 0.717) is 5.57 Å². The summed E-state index contributed by atoms with van der Waals surface area (Å²) in [6.07, 6.45) is 1.01. The van der Waals surface area contributed by atoms with Crippen molar-refractivity contribution in [2.45, 2.75) is 12.8 Å². The quantitative estimate of drug-likeness (QED) is 0.800. The van der Waals surface area contributed by atoms with E-state index in [1.807, 2.05) is 18.2 Å². The molecule has 0 unspecified atom stereocenters. The van der Waals surface area contributed by atoms with E-state index < -0.39 is 35.0 Å². The summed E-state index contributed by atoms with van der Waals surface area (Å²) in [5.41, 5.74) is 4.51. The van der Waals surface area contributed by atoms with Gasteiger partial charge in [-0.1, -0.05) is 12.1 Å². The maximum absolute atomic E-state index is 14.0. The van der Waals surface area contributed by atoms with Gasteiger partial charge in [-0.2, -0.15) is 15.8 Å². The summed E-state index contributed by atoms with van der Waals surface area (Å²) in [7, 11) is 0. The van der Waals surface area contributed by atoms with Crippen LogP contribution in [0.25, 0.3) is 0 Å². The molecule has 9 heteroatoms. The molecule has 2 atom stereocenters. The monoisotopic (exact) mass is 409 g/mol. The second kappa shape index (κ2) is 7.85. The molecule has 152 valence electrons. The molecule has 1 aliphatic carbocycles. The smallest absolute Gasteiger partial charge is 0.410 e. The van der Waals surface area contributed by atoms with E-state index in [-0.39, 0.29) is 36.5 Å². The van der Waals surface area contributed by atoms with Gasteiger partial charge in [0.25, 0.3) is 0 Å². The molecule has 0 saturated carbocycles. The molecule has 1 aromatic rings. The minimum atomic E-state index is -2.00. The standard InChI is InChI=1S/C21H17F2N5O2/c1-2-30-20(29)28-6-5-13-14(8-24)19(27)21(10-25,11-26)18(15(13)9-28)12-3-4-16(22)17(23)7-12/h3-5,7,15,18H,2,6,9,27H2,1H3/t15-,18-/m0/s1. The van der Waals surface area contributed by atoms with Crippen LogP contribution in [0.3, 0.4) is 0 Å². The minimum Gasteiger partial charge on any atom is -0.450 e. The average molecular weight is 409 g/mol. The Labute approximate surface area is 171 Å². The highest BCUT2D eigenvalue weighted by Crippen LogP contribution is 2.54. The lowest BCUT2D eigenvalue weighted by molar-refractivity contribution is 0.0999. The van der Waals surface area contributed by atoms with Crippen molar-refractivity contribution in [2.24, 2.45) is 17.1 Å². The molecule has 0 saturated heterocycles. The van der Waals surface area contributed by atoms with Crippen molar-refractivity contribution in [3.8, 4) is 18.2 Å². The van der Waals surface area contributed by atoms with Crippen molar-refractivity contribution in [3.05, 3.63) is 58.3 Å². The van der Waals surface area contributed by atoms with Crippen LogP contribution in [0.1, 0.15) is 18.4 Å². The third-order valence-corrected chi connectivity index (χ3v) is 5.49. The van der Waals surface area contributed by atoms with Crippen molar-refractivity contribution in [1.82, 2.24) is 4.90 Å². The number of nitriles is 3. The normalized spacial score (nSPS) is 22.1. The highest BCUT2D eigenvalue weighted by molar-refractivity contribution is 5.69. The first-order valence-electron chi connectivity index (χ1n) is 9.14. The fraction of sp³-hybridized carbons (Fsp3) is 0.333. The summed E-state index contributed by atoms with van der Waals surface area (Å²) in [6.45, 7) is 1.96. The Morgan fingerprint density at radius 1 is 1.30 bits per heavy atom. The fourth-order valence-corrected chi connectivity index (χ4v) is 4.13. The summed E-state index contributed by atoms with van der Waals surface area (Å²) in [5, 5.41) is 29.5. The Kier molecular flexibility index (Phi) is 5.45. The van der Waals surface area contributed by atoms with Gasteiger partial charge in [-0.05, 0) is 30.2 Å². The van der Waals surface area contributed by atoms with Gasteiger partial charge in [0.1, 0.15) is 6.07 Å². The number of hydrogen-bond donors (Lipinski definition) is 1. The molecule has 1 amide bonds. The van der Waals surface area contributed by atoms with Crippen LogP contribution < -0.4 is 5.73 Å². The number of carbonyl (C=O) groups is 1. The molecule has 3 rings (SSSR count). The minimum absolute atomic E-state index is 0.00885. The largest absolute Gasteiger partial charge is 0.450 e. The van der Waals surface area contributed by atoms with Gasteiger partial charge >= 0.3 is 6.09 Å². The third-order valence-electron chi connectivity index (χ3n) is 5.49. The molecular formula is C21H17F2N5O2. The van der Waals surface area contributed by atoms with Crippen molar-refractivity contribution in [2.75, 3.05) is 19.7 Å². The Bertz CT molecular complexity index is 1080. The molecule has 2 N–H and O–H groups in total. The van der Waals surface area contributed by atoms with E-state index in [1.165, 1.54) is 11.0 Å². The number of amides is 1.